The van der Waals surface area contributed by atoms with Gasteiger partial charge in [0.25, 0.3) is 0 Å². The third-order valence-corrected chi connectivity index (χ3v) is 15.8. The molecule has 6 heteroatoms. The molecule has 0 spiro atoms. The maximum atomic E-state index is 12.5. The van der Waals surface area contributed by atoms with Crippen LogP contribution in [-0.2, 0) is 14.3 Å². The monoisotopic (exact) mass is 1030 g/mol. The van der Waals surface area contributed by atoms with Crippen molar-refractivity contribution in [2.75, 3.05) is 13.2 Å². The first-order valence-corrected chi connectivity index (χ1v) is 33.4. The molecule has 3 N–H and O–H groups in total. The number of aliphatic hydroxyl groups excluding tert-OH is 2. The van der Waals surface area contributed by atoms with Crippen molar-refractivity contribution in [3.8, 4) is 0 Å². The smallest absolute Gasteiger partial charge is 0.305 e. The first-order valence-electron chi connectivity index (χ1n) is 33.4. The summed E-state index contributed by atoms with van der Waals surface area (Å²) in [6.45, 7) is 4.98. The summed E-state index contributed by atoms with van der Waals surface area (Å²) in [7, 11) is 0. The predicted molar refractivity (Wildman–Crippen MR) is 320 cm³/mol. The Kier molecular flexibility index (Phi) is 61.9. The minimum atomic E-state index is -0.664. The fourth-order valence-electron chi connectivity index (χ4n) is 10.7. The van der Waals surface area contributed by atoms with Gasteiger partial charge < -0.3 is 20.3 Å². The van der Waals surface area contributed by atoms with E-state index in [9.17, 15) is 19.8 Å². The van der Waals surface area contributed by atoms with E-state index in [1.54, 1.807) is 0 Å². The Morgan fingerprint density at radius 1 is 0.370 bits per heavy atom. The molecule has 0 saturated heterocycles. The van der Waals surface area contributed by atoms with Crippen LogP contribution in [0.1, 0.15) is 380 Å². The number of unbranched alkanes of at least 4 members (excludes halogenated alkanes) is 50. The average Bonchev–Trinajstić information content (AvgIpc) is 3.39. The van der Waals surface area contributed by atoms with E-state index in [4.69, 9.17) is 4.74 Å². The predicted octanol–water partition coefficient (Wildman–Crippen LogP) is 21.2. The molecule has 0 aliphatic rings. The number of amides is 1. The molecule has 6 nitrogen and oxygen atoms in total. The minimum absolute atomic E-state index is 0.0156. The third kappa shape index (κ3) is 59.7. The topological polar surface area (TPSA) is 95.9 Å². The molecule has 0 bridgehead atoms. The molecule has 0 aromatic rings. The van der Waals surface area contributed by atoms with E-state index < -0.39 is 12.1 Å². The van der Waals surface area contributed by atoms with Gasteiger partial charge in [-0.3, -0.25) is 9.59 Å². The molecule has 0 fully saturated rings. The standard InChI is InChI=1S/C67H131NO5/c1-3-5-7-9-11-13-15-16-17-18-30-33-36-40-43-47-51-55-59-65(70)64(63-69)68-66(71)60-56-52-48-44-41-37-34-31-28-26-24-22-20-19-21-23-25-27-29-32-35-38-42-46-50-54-58-62-73-67(72)61-57-53-49-45-39-14-12-10-8-6-4-2/h19-20,64-65,69-70H,3-18,21-63H2,1-2H3,(H,68,71)/b20-19-. The Bertz CT molecular complexity index is 1100. The van der Waals surface area contributed by atoms with E-state index >= 15 is 0 Å². The fraction of sp³-hybridized carbons (Fsp3) is 0.940. The minimum Gasteiger partial charge on any atom is -0.466 e. The van der Waals surface area contributed by atoms with E-state index in [0.29, 0.717) is 25.9 Å². The highest BCUT2D eigenvalue weighted by Gasteiger charge is 2.20. The van der Waals surface area contributed by atoms with Crippen molar-refractivity contribution >= 4 is 11.9 Å². The zero-order valence-corrected chi connectivity index (χ0v) is 49.6. The van der Waals surface area contributed by atoms with Gasteiger partial charge in [-0.1, -0.05) is 328 Å². The second kappa shape index (κ2) is 63.1. The second-order valence-corrected chi connectivity index (χ2v) is 23.2. The molecule has 0 aromatic carbocycles. The van der Waals surface area contributed by atoms with Gasteiger partial charge in [-0.25, -0.2) is 0 Å². The summed E-state index contributed by atoms with van der Waals surface area (Å²) >= 11 is 0. The summed E-state index contributed by atoms with van der Waals surface area (Å²) in [4.78, 5) is 24.5. The maximum absolute atomic E-state index is 12.5. The summed E-state index contributed by atoms with van der Waals surface area (Å²) in [5, 5.41) is 23.4. The van der Waals surface area contributed by atoms with Crippen LogP contribution in [0.15, 0.2) is 12.2 Å². The van der Waals surface area contributed by atoms with Crippen LogP contribution in [-0.4, -0.2) is 47.4 Å². The van der Waals surface area contributed by atoms with Gasteiger partial charge in [0.1, 0.15) is 0 Å². The number of ether oxygens (including phenoxy) is 1. The number of allylic oxidation sites excluding steroid dienone is 2. The summed E-state index contributed by atoms with van der Waals surface area (Å²) in [5.74, 6) is -0.0163. The molecular weight excluding hydrogens is 899 g/mol. The zero-order valence-electron chi connectivity index (χ0n) is 49.6. The van der Waals surface area contributed by atoms with Crippen molar-refractivity contribution in [3.63, 3.8) is 0 Å². The lowest BCUT2D eigenvalue weighted by molar-refractivity contribution is -0.143. The number of rotatable bonds is 63. The number of nitrogens with one attached hydrogen (secondary N) is 1. The van der Waals surface area contributed by atoms with Gasteiger partial charge in [0.15, 0.2) is 0 Å². The Morgan fingerprint density at radius 2 is 0.644 bits per heavy atom. The lowest BCUT2D eigenvalue weighted by atomic mass is 10.0. The van der Waals surface area contributed by atoms with Crippen LogP contribution in [0.25, 0.3) is 0 Å². The van der Waals surface area contributed by atoms with Crippen molar-refractivity contribution in [1.29, 1.82) is 0 Å². The maximum Gasteiger partial charge on any atom is 0.305 e. The van der Waals surface area contributed by atoms with Crippen molar-refractivity contribution in [2.45, 2.75) is 392 Å². The van der Waals surface area contributed by atoms with E-state index in [1.807, 2.05) is 0 Å². The normalized spacial score (nSPS) is 12.5. The van der Waals surface area contributed by atoms with Gasteiger partial charge in [0.2, 0.25) is 5.91 Å². The van der Waals surface area contributed by atoms with Crippen LogP contribution in [0.2, 0.25) is 0 Å². The van der Waals surface area contributed by atoms with E-state index in [2.05, 4.69) is 31.3 Å². The van der Waals surface area contributed by atoms with E-state index in [1.165, 1.54) is 308 Å². The van der Waals surface area contributed by atoms with Gasteiger partial charge in [0, 0.05) is 12.8 Å². The number of esters is 1. The van der Waals surface area contributed by atoms with Crippen LogP contribution < -0.4 is 5.32 Å². The molecular formula is C67H131NO5. The highest BCUT2D eigenvalue weighted by molar-refractivity contribution is 5.76. The number of carbonyl (C=O) groups is 2. The Balaban J connectivity index is 3.38. The van der Waals surface area contributed by atoms with Crippen molar-refractivity contribution in [1.82, 2.24) is 5.32 Å². The molecule has 434 valence electrons. The number of hydrogen-bond donors (Lipinski definition) is 3. The van der Waals surface area contributed by atoms with Gasteiger partial charge in [0.05, 0.1) is 25.4 Å². The van der Waals surface area contributed by atoms with Gasteiger partial charge in [-0.05, 0) is 51.4 Å². The first-order chi connectivity index (χ1) is 36.0. The molecule has 0 radical (unpaired) electrons. The Hall–Kier alpha value is -1.40. The highest BCUT2D eigenvalue weighted by Crippen LogP contribution is 2.19. The summed E-state index contributed by atoms with van der Waals surface area (Å²) in [6.07, 6.45) is 76.7. The molecule has 0 aliphatic heterocycles. The molecule has 2 unspecified atom stereocenters. The summed E-state index contributed by atoms with van der Waals surface area (Å²) in [6, 6.07) is -0.542. The number of carbonyl (C=O) groups excluding carboxylic acids is 2. The first kappa shape index (κ1) is 71.6. The lowest BCUT2D eigenvalue weighted by Gasteiger charge is -2.22. The number of aliphatic hydroxyl groups is 2. The van der Waals surface area contributed by atoms with Crippen LogP contribution in [0.4, 0.5) is 0 Å². The molecule has 0 saturated carbocycles. The molecule has 0 heterocycles. The second-order valence-electron chi connectivity index (χ2n) is 23.2. The zero-order chi connectivity index (χ0) is 52.9. The van der Waals surface area contributed by atoms with Crippen molar-refractivity contribution in [3.05, 3.63) is 12.2 Å². The lowest BCUT2D eigenvalue weighted by Crippen LogP contribution is -2.45. The van der Waals surface area contributed by atoms with Gasteiger partial charge >= 0.3 is 5.97 Å². The van der Waals surface area contributed by atoms with Crippen LogP contribution >= 0.6 is 0 Å². The van der Waals surface area contributed by atoms with Crippen LogP contribution in [0, 0.1) is 0 Å². The third-order valence-electron chi connectivity index (χ3n) is 15.8. The van der Waals surface area contributed by atoms with Crippen LogP contribution in [0.3, 0.4) is 0 Å². The Labute approximate surface area is 457 Å². The van der Waals surface area contributed by atoms with E-state index in [0.717, 1.165) is 38.5 Å². The fourth-order valence-corrected chi connectivity index (χ4v) is 10.7. The van der Waals surface area contributed by atoms with E-state index in [-0.39, 0.29) is 18.5 Å². The average molecular weight is 1030 g/mol. The largest absolute Gasteiger partial charge is 0.466 e. The van der Waals surface area contributed by atoms with Crippen LogP contribution in [0.5, 0.6) is 0 Å². The van der Waals surface area contributed by atoms with Crippen molar-refractivity contribution in [2.24, 2.45) is 0 Å². The quantitative estimate of drug-likeness (QED) is 0.0320. The van der Waals surface area contributed by atoms with Gasteiger partial charge in [-0.2, -0.15) is 0 Å². The molecule has 0 rings (SSSR count). The Morgan fingerprint density at radius 3 is 0.973 bits per heavy atom. The molecule has 1 amide bonds. The summed E-state index contributed by atoms with van der Waals surface area (Å²) < 4.78 is 5.47. The number of hydrogen-bond acceptors (Lipinski definition) is 5. The highest BCUT2D eigenvalue weighted by atomic mass is 16.5. The molecule has 73 heavy (non-hydrogen) atoms. The SMILES string of the molecule is CCCCCCCCCCCCCCCCCCCCC(O)C(CO)NC(=O)CCCCCCCCCCCCC/C=C\CCCCCCCCCCCCCCOC(=O)CCCCCCCCCCCCC. The molecule has 0 aromatic heterocycles. The molecule has 2 atom stereocenters. The molecule has 0 aliphatic carbocycles. The van der Waals surface area contributed by atoms with Gasteiger partial charge in [-0.15, -0.1) is 0 Å². The van der Waals surface area contributed by atoms with Crippen molar-refractivity contribution < 1.29 is 24.5 Å². The summed E-state index contributed by atoms with van der Waals surface area (Å²) in [5.41, 5.74) is 0.